The minimum absolute atomic E-state index is 0.381. The van der Waals surface area contributed by atoms with Crippen LogP contribution in [0.3, 0.4) is 0 Å². The molecule has 6 nitrogen and oxygen atoms in total. The summed E-state index contributed by atoms with van der Waals surface area (Å²) in [6.45, 7) is 4.97. The van der Waals surface area contributed by atoms with E-state index in [1.807, 2.05) is 18.2 Å². The van der Waals surface area contributed by atoms with Gasteiger partial charge in [-0.05, 0) is 42.8 Å². The molecule has 2 heterocycles. The zero-order chi connectivity index (χ0) is 19.7. The van der Waals surface area contributed by atoms with Crippen molar-refractivity contribution in [3.05, 3.63) is 52.9 Å². The van der Waals surface area contributed by atoms with Gasteiger partial charge in [-0.1, -0.05) is 0 Å². The van der Waals surface area contributed by atoms with Crippen LogP contribution in [-0.2, 0) is 0 Å². The van der Waals surface area contributed by atoms with Crippen LogP contribution < -0.4 is 25.3 Å². The number of anilines is 1. The molecular weight excluding hydrogens is 356 g/mol. The van der Waals surface area contributed by atoms with Gasteiger partial charge in [0.2, 0.25) is 0 Å². The summed E-state index contributed by atoms with van der Waals surface area (Å²) in [4.78, 5) is 15.0. The van der Waals surface area contributed by atoms with E-state index in [-0.39, 0.29) is 5.63 Å². The van der Waals surface area contributed by atoms with Gasteiger partial charge in [0.15, 0.2) is 0 Å². The van der Waals surface area contributed by atoms with Crippen LogP contribution in [-0.4, -0.2) is 39.9 Å². The molecule has 0 amide bonds. The minimum atomic E-state index is -0.381. The number of fused-ring (bicyclic) bond motifs is 1. The summed E-state index contributed by atoms with van der Waals surface area (Å²) >= 11 is 0. The Morgan fingerprint density at radius 1 is 1.07 bits per heavy atom. The van der Waals surface area contributed by atoms with Crippen molar-refractivity contribution in [3.8, 4) is 22.6 Å². The lowest BCUT2D eigenvalue weighted by atomic mass is 10.0. The first-order chi connectivity index (χ1) is 13.6. The molecule has 4 rings (SSSR count). The topological polar surface area (TPSA) is 63.9 Å². The molecule has 1 atom stereocenters. The average Bonchev–Trinajstić information content (AvgIpc) is 2.72. The Bertz CT molecular complexity index is 1040. The fourth-order valence-corrected chi connectivity index (χ4v) is 3.63. The number of hydrogen-bond donors (Lipinski definition) is 1. The van der Waals surface area contributed by atoms with Crippen LogP contribution in [0.1, 0.15) is 6.92 Å². The van der Waals surface area contributed by atoms with Crippen molar-refractivity contribution >= 4 is 16.7 Å². The molecule has 1 saturated heterocycles. The van der Waals surface area contributed by atoms with E-state index >= 15 is 0 Å². The third-order valence-corrected chi connectivity index (χ3v) is 5.12. The second kappa shape index (κ2) is 7.56. The van der Waals surface area contributed by atoms with Crippen LogP contribution in [0.15, 0.2) is 51.7 Å². The van der Waals surface area contributed by atoms with E-state index in [1.165, 1.54) is 0 Å². The quantitative estimate of drug-likeness (QED) is 0.701. The molecular formula is C22H24N2O4. The first kappa shape index (κ1) is 18.4. The summed E-state index contributed by atoms with van der Waals surface area (Å²) in [6.07, 6.45) is 0. The fourth-order valence-electron chi connectivity index (χ4n) is 3.63. The highest BCUT2D eigenvalue weighted by Crippen LogP contribution is 2.30. The Morgan fingerprint density at radius 3 is 2.50 bits per heavy atom. The van der Waals surface area contributed by atoms with Crippen molar-refractivity contribution in [3.63, 3.8) is 0 Å². The van der Waals surface area contributed by atoms with E-state index in [9.17, 15) is 4.79 Å². The predicted molar refractivity (Wildman–Crippen MR) is 111 cm³/mol. The summed E-state index contributed by atoms with van der Waals surface area (Å²) in [5.41, 5.74) is 2.46. The second-order valence-electron chi connectivity index (χ2n) is 7.07. The van der Waals surface area contributed by atoms with Crippen molar-refractivity contribution in [1.29, 1.82) is 0 Å². The van der Waals surface area contributed by atoms with Crippen LogP contribution in [0.25, 0.3) is 22.1 Å². The van der Waals surface area contributed by atoms with Gasteiger partial charge in [-0.25, -0.2) is 4.79 Å². The highest BCUT2D eigenvalue weighted by Gasteiger charge is 2.17. The van der Waals surface area contributed by atoms with Gasteiger partial charge in [-0.15, -0.1) is 0 Å². The van der Waals surface area contributed by atoms with E-state index < -0.39 is 0 Å². The molecule has 1 aliphatic heterocycles. The maximum absolute atomic E-state index is 12.7. The van der Waals surface area contributed by atoms with Crippen LogP contribution >= 0.6 is 0 Å². The molecule has 0 spiro atoms. The van der Waals surface area contributed by atoms with Crippen molar-refractivity contribution in [2.45, 2.75) is 13.0 Å². The number of nitrogens with zero attached hydrogens (tertiary/aromatic N) is 1. The smallest absolute Gasteiger partial charge is 0.344 e. The van der Waals surface area contributed by atoms with Gasteiger partial charge in [0.1, 0.15) is 17.1 Å². The van der Waals surface area contributed by atoms with E-state index in [0.29, 0.717) is 34.3 Å². The maximum Gasteiger partial charge on any atom is 0.344 e. The van der Waals surface area contributed by atoms with Crippen molar-refractivity contribution in [1.82, 2.24) is 5.32 Å². The highest BCUT2D eigenvalue weighted by atomic mass is 16.5. The van der Waals surface area contributed by atoms with Crippen molar-refractivity contribution in [2.75, 3.05) is 38.8 Å². The van der Waals surface area contributed by atoms with Gasteiger partial charge < -0.3 is 24.1 Å². The Labute approximate surface area is 163 Å². The molecule has 28 heavy (non-hydrogen) atoms. The van der Waals surface area contributed by atoms with Gasteiger partial charge >= 0.3 is 5.63 Å². The molecule has 6 heteroatoms. The number of methoxy groups -OCH3 is 2. The van der Waals surface area contributed by atoms with Crippen molar-refractivity contribution in [2.24, 2.45) is 0 Å². The summed E-state index contributed by atoms with van der Waals surface area (Å²) in [7, 11) is 3.17. The molecule has 1 N–H and O–H groups in total. The number of ether oxygens (including phenoxy) is 2. The minimum Gasteiger partial charge on any atom is -0.497 e. The largest absolute Gasteiger partial charge is 0.497 e. The van der Waals surface area contributed by atoms with Gasteiger partial charge in [-0.2, -0.15) is 0 Å². The SMILES string of the molecule is COc1cc(OC)cc(-c2cc3ccc(N4CCN[C@@H](C)C4)cc3oc2=O)c1. The van der Waals surface area contributed by atoms with Crippen LogP contribution in [0, 0.1) is 0 Å². The van der Waals surface area contributed by atoms with Gasteiger partial charge in [-0.3, -0.25) is 0 Å². The second-order valence-corrected chi connectivity index (χ2v) is 7.07. The van der Waals surface area contributed by atoms with E-state index in [4.69, 9.17) is 13.9 Å². The average molecular weight is 380 g/mol. The molecule has 0 bridgehead atoms. The zero-order valence-electron chi connectivity index (χ0n) is 16.3. The lowest BCUT2D eigenvalue weighted by Gasteiger charge is -2.33. The molecule has 2 aromatic carbocycles. The Hall–Kier alpha value is -2.99. The maximum atomic E-state index is 12.7. The summed E-state index contributed by atoms with van der Waals surface area (Å²) < 4.78 is 16.3. The molecule has 0 aliphatic carbocycles. The Balaban J connectivity index is 1.75. The summed E-state index contributed by atoms with van der Waals surface area (Å²) in [5, 5.41) is 4.31. The number of nitrogens with one attached hydrogen (secondary N) is 1. The number of rotatable bonds is 4. The normalized spacial score (nSPS) is 17.0. The van der Waals surface area contributed by atoms with E-state index in [0.717, 1.165) is 30.7 Å². The molecule has 1 aliphatic rings. The predicted octanol–water partition coefficient (Wildman–Crippen LogP) is 3.28. The molecule has 0 unspecified atom stereocenters. The summed E-state index contributed by atoms with van der Waals surface area (Å²) in [6, 6.07) is 13.7. The van der Waals surface area contributed by atoms with Gasteiger partial charge in [0, 0.05) is 48.9 Å². The zero-order valence-corrected chi connectivity index (χ0v) is 16.3. The lowest BCUT2D eigenvalue weighted by molar-refractivity contribution is 0.394. The standard InChI is InChI=1S/C22H24N2O4/c1-14-13-24(7-6-23-14)17-5-4-15-10-20(22(25)28-21(15)11-17)16-8-18(26-2)12-19(9-16)27-3/h4-5,8-12,14,23H,6-7,13H2,1-3H3/t14-/m0/s1. The lowest BCUT2D eigenvalue weighted by Crippen LogP contribution is -2.49. The van der Waals surface area contributed by atoms with E-state index in [1.54, 1.807) is 32.4 Å². The number of hydrogen-bond acceptors (Lipinski definition) is 6. The first-order valence-corrected chi connectivity index (χ1v) is 9.37. The number of piperazine rings is 1. The molecule has 1 aromatic heterocycles. The molecule has 0 radical (unpaired) electrons. The monoisotopic (exact) mass is 380 g/mol. The van der Waals surface area contributed by atoms with Gasteiger partial charge in [0.25, 0.3) is 0 Å². The van der Waals surface area contributed by atoms with Crippen LogP contribution in [0.4, 0.5) is 5.69 Å². The molecule has 0 saturated carbocycles. The Kier molecular flexibility index (Phi) is 4.96. The highest BCUT2D eigenvalue weighted by molar-refractivity contribution is 5.85. The third kappa shape index (κ3) is 3.55. The van der Waals surface area contributed by atoms with Crippen LogP contribution in [0.2, 0.25) is 0 Å². The van der Waals surface area contributed by atoms with Gasteiger partial charge in [0.05, 0.1) is 19.8 Å². The number of benzene rings is 2. The van der Waals surface area contributed by atoms with E-state index in [2.05, 4.69) is 23.2 Å². The van der Waals surface area contributed by atoms with Crippen molar-refractivity contribution < 1.29 is 13.9 Å². The molecule has 3 aromatic rings. The molecule has 1 fully saturated rings. The first-order valence-electron chi connectivity index (χ1n) is 9.37. The fraction of sp³-hybridized carbons (Fsp3) is 0.318. The Morgan fingerprint density at radius 2 is 1.82 bits per heavy atom. The molecule has 146 valence electrons. The third-order valence-electron chi connectivity index (χ3n) is 5.12. The summed E-state index contributed by atoms with van der Waals surface area (Å²) in [5.74, 6) is 1.24. The van der Waals surface area contributed by atoms with Crippen LogP contribution in [0.5, 0.6) is 11.5 Å².